The summed E-state index contributed by atoms with van der Waals surface area (Å²) in [5, 5.41) is 3.23. The van der Waals surface area contributed by atoms with E-state index in [4.69, 9.17) is 4.74 Å². The fourth-order valence-electron chi connectivity index (χ4n) is 4.25. The van der Waals surface area contributed by atoms with Gasteiger partial charge in [0.2, 0.25) is 15.9 Å². The smallest absolute Gasteiger partial charge is 0.243 e. The van der Waals surface area contributed by atoms with Crippen LogP contribution < -0.4 is 10.1 Å². The van der Waals surface area contributed by atoms with Crippen molar-refractivity contribution in [3.8, 4) is 5.75 Å². The summed E-state index contributed by atoms with van der Waals surface area (Å²) in [5.74, 6) is 1.13. The lowest BCUT2D eigenvalue weighted by atomic mass is 9.91. The van der Waals surface area contributed by atoms with E-state index in [-0.39, 0.29) is 28.7 Å². The van der Waals surface area contributed by atoms with Crippen molar-refractivity contribution in [3.05, 3.63) is 59.7 Å². The standard InChI is InChI=1S/C26H36N2O4S/c1-18(2)20-6-8-21(9-7-20)25(19(3)4)27-26(29)22-14-16-28(17-15-22)33(30,31)24-12-10-23(32-5)11-13-24/h6-13,18-19,22,25H,14-17H2,1-5H3,(H,27,29). The first-order valence-corrected chi connectivity index (χ1v) is 13.1. The monoisotopic (exact) mass is 472 g/mol. The lowest BCUT2D eigenvalue weighted by molar-refractivity contribution is -0.127. The van der Waals surface area contributed by atoms with Gasteiger partial charge in [0, 0.05) is 19.0 Å². The molecule has 180 valence electrons. The second kappa shape index (κ2) is 10.7. The van der Waals surface area contributed by atoms with Crippen molar-refractivity contribution in [1.29, 1.82) is 0 Å². The van der Waals surface area contributed by atoms with Gasteiger partial charge in [0.15, 0.2) is 0 Å². The number of carbonyl (C=O) groups is 1. The van der Waals surface area contributed by atoms with Gasteiger partial charge in [-0.05, 0) is 60.1 Å². The van der Waals surface area contributed by atoms with Crippen LogP contribution in [0.25, 0.3) is 0 Å². The third-order valence-electron chi connectivity index (χ3n) is 6.45. The van der Waals surface area contributed by atoms with E-state index in [0.717, 1.165) is 5.56 Å². The van der Waals surface area contributed by atoms with E-state index in [0.29, 0.717) is 37.6 Å². The maximum absolute atomic E-state index is 13.1. The second-order valence-electron chi connectivity index (χ2n) is 9.41. The van der Waals surface area contributed by atoms with Gasteiger partial charge in [-0.15, -0.1) is 0 Å². The van der Waals surface area contributed by atoms with E-state index in [2.05, 4.69) is 57.3 Å². The van der Waals surface area contributed by atoms with Crippen LogP contribution in [-0.4, -0.2) is 38.8 Å². The highest BCUT2D eigenvalue weighted by Crippen LogP contribution is 2.28. The number of piperidine rings is 1. The molecule has 1 atom stereocenters. The highest BCUT2D eigenvalue weighted by atomic mass is 32.2. The lowest BCUT2D eigenvalue weighted by Crippen LogP contribution is -2.44. The second-order valence-corrected chi connectivity index (χ2v) is 11.3. The minimum atomic E-state index is -3.58. The molecule has 1 heterocycles. The molecule has 6 nitrogen and oxygen atoms in total. The van der Waals surface area contributed by atoms with Crippen molar-refractivity contribution in [2.45, 2.75) is 57.4 Å². The number of benzene rings is 2. The van der Waals surface area contributed by atoms with Crippen molar-refractivity contribution < 1.29 is 17.9 Å². The lowest BCUT2D eigenvalue weighted by Gasteiger charge is -2.32. The van der Waals surface area contributed by atoms with Gasteiger partial charge in [0.1, 0.15) is 5.75 Å². The Balaban J connectivity index is 1.62. The maximum Gasteiger partial charge on any atom is 0.243 e. The van der Waals surface area contributed by atoms with Crippen molar-refractivity contribution in [1.82, 2.24) is 9.62 Å². The molecule has 0 aliphatic carbocycles. The zero-order valence-corrected chi connectivity index (χ0v) is 21.1. The average Bonchev–Trinajstić information content (AvgIpc) is 2.82. The Bertz CT molecular complexity index is 1020. The Morgan fingerprint density at radius 1 is 0.939 bits per heavy atom. The fourth-order valence-corrected chi connectivity index (χ4v) is 5.72. The van der Waals surface area contributed by atoms with Gasteiger partial charge in [-0.3, -0.25) is 4.79 Å². The molecular weight excluding hydrogens is 436 g/mol. The first-order chi connectivity index (χ1) is 15.6. The largest absolute Gasteiger partial charge is 0.497 e. The molecule has 0 saturated carbocycles. The zero-order valence-electron chi connectivity index (χ0n) is 20.2. The Morgan fingerprint density at radius 3 is 1.97 bits per heavy atom. The van der Waals surface area contributed by atoms with E-state index in [9.17, 15) is 13.2 Å². The van der Waals surface area contributed by atoms with Crippen LogP contribution in [0.15, 0.2) is 53.4 Å². The fraction of sp³-hybridized carbons (Fsp3) is 0.500. The molecule has 1 aliphatic rings. The van der Waals surface area contributed by atoms with Crippen LogP contribution in [-0.2, 0) is 14.8 Å². The van der Waals surface area contributed by atoms with Crippen LogP contribution in [0.2, 0.25) is 0 Å². The van der Waals surface area contributed by atoms with Gasteiger partial charge >= 0.3 is 0 Å². The number of sulfonamides is 1. The van der Waals surface area contributed by atoms with E-state index in [1.54, 1.807) is 31.4 Å². The van der Waals surface area contributed by atoms with Crippen LogP contribution in [0.4, 0.5) is 0 Å². The number of nitrogens with zero attached hydrogens (tertiary/aromatic N) is 1. The molecule has 0 bridgehead atoms. The highest BCUT2D eigenvalue weighted by molar-refractivity contribution is 7.89. The SMILES string of the molecule is COc1ccc(S(=O)(=O)N2CCC(C(=O)NC(c3ccc(C(C)C)cc3)C(C)C)CC2)cc1. The third-order valence-corrected chi connectivity index (χ3v) is 8.36. The number of amides is 1. The van der Waals surface area contributed by atoms with Crippen LogP contribution in [0.5, 0.6) is 5.75 Å². The Morgan fingerprint density at radius 2 is 1.48 bits per heavy atom. The average molecular weight is 473 g/mol. The minimum Gasteiger partial charge on any atom is -0.497 e. The first-order valence-electron chi connectivity index (χ1n) is 11.7. The predicted molar refractivity (Wildman–Crippen MR) is 131 cm³/mol. The summed E-state index contributed by atoms with van der Waals surface area (Å²) in [5.41, 5.74) is 2.38. The van der Waals surface area contributed by atoms with E-state index in [1.165, 1.54) is 9.87 Å². The van der Waals surface area contributed by atoms with Crippen LogP contribution >= 0.6 is 0 Å². The predicted octanol–water partition coefficient (Wildman–Crippen LogP) is 4.73. The van der Waals surface area contributed by atoms with Crippen molar-refractivity contribution in [2.24, 2.45) is 11.8 Å². The molecule has 2 aromatic carbocycles. The number of ether oxygens (including phenoxy) is 1. The van der Waals surface area contributed by atoms with Gasteiger partial charge in [-0.25, -0.2) is 8.42 Å². The van der Waals surface area contributed by atoms with Gasteiger partial charge < -0.3 is 10.1 Å². The number of rotatable bonds is 8. The molecule has 0 radical (unpaired) electrons. The summed E-state index contributed by atoms with van der Waals surface area (Å²) < 4.78 is 32.5. The summed E-state index contributed by atoms with van der Waals surface area (Å²) in [6.45, 7) is 9.20. The normalized spacial score (nSPS) is 16.7. The molecule has 0 spiro atoms. The molecule has 7 heteroatoms. The summed E-state index contributed by atoms with van der Waals surface area (Å²) in [6, 6.07) is 14.8. The molecule has 2 aromatic rings. The molecule has 1 unspecified atom stereocenters. The molecule has 33 heavy (non-hydrogen) atoms. The molecule has 0 aromatic heterocycles. The highest BCUT2D eigenvalue weighted by Gasteiger charge is 2.33. The molecule has 1 N–H and O–H groups in total. The Kier molecular flexibility index (Phi) is 8.19. The maximum atomic E-state index is 13.1. The van der Waals surface area contributed by atoms with Crippen LogP contribution in [0.1, 0.15) is 63.6 Å². The summed E-state index contributed by atoms with van der Waals surface area (Å²) >= 11 is 0. The van der Waals surface area contributed by atoms with Gasteiger partial charge in [0.25, 0.3) is 0 Å². The molecule has 1 amide bonds. The topological polar surface area (TPSA) is 75.7 Å². The van der Waals surface area contributed by atoms with E-state index >= 15 is 0 Å². The Hall–Kier alpha value is -2.38. The van der Waals surface area contributed by atoms with E-state index in [1.807, 2.05) is 0 Å². The van der Waals surface area contributed by atoms with Crippen molar-refractivity contribution in [3.63, 3.8) is 0 Å². The molecule has 1 saturated heterocycles. The van der Waals surface area contributed by atoms with Gasteiger partial charge in [-0.1, -0.05) is 52.0 Å². The molecule has 1 fully saturated rings. The number of hydrogen-bond acceptors (Lipinski definition) is 4. The Labute approximate surface area is 198 Å². The molecule has 1 aliphatic heterocycles. The minimum absolute atomic E-state index is 0.00290. The summed E-state index contributed by atoms with van der Waals surface area (Å²) in [4.78, 5) is 13.3. The van der Waals surface area contributed by atoms with E-state index < -0.39 is 10.0 Å². The van der Waals surface area contributed by atoms with Crippen molar-refractivity contribution >= 4 is 15.9 Å². The van der Waals surface area contributed by atoms with Crippen molar-refractivity contribution in [2.75, 3.05) is 20.2 Å². The quantitative estimate of drug-likeness (QED) is 0.603. The van der Waals surface area contributed by atoms with Crippen LogP contribution in [0.3, 0.4) is 0 Å². The molecule has 3 rings (SSSR count). The van der Waals surface area contributed by atoms with Gasteiger partial charge in [0.05, 0.1) is 18.0 Å². The number of hydrogen-bond donors (Lipinski definition) is 1. The number of nitrogens with one attached hydrogen (secondary N) is 1. The van der Waals surface area contributed by atoms with Gasteiger partial charge in [-0.2, -0.15) is 4.31 Å². The summed E-state index contributed by atoms with van der Waals surface area (Å²) in [6.07, 6.45) is 1.02. The van der Waals surface area contributed by atoms with Crippen LogP contribution in [0, 0.1) is 11.8 Å². The zero-order chi connectivity index (χ0) is 24.2. The number of carbonyl (C=O) groups excluding carboxylic acids is 1. The summed E-state index contributed by atoms with van der Waals surface area (Å²) in [7, 11) is -2.04. The number of methoxy groups -OCH3 is 1. The molecular formula is C26H36N2O4S. The third kappa shape index (κ3) is 5.95. The first kappa shape index (κ1) is 25.2.